The molecule has 84 valence electrons. The average Bonchev–Trinajstić information content (AvgIpc) is 2.17. The number of hydrogen-bond acceptors (Lipinski definition) is 3. The molecule has 0 aliphatic rings. The molecule has 4 heteroatoms. The highest BCUT2D eigenvalue weighted by molar-refractivity contribution is 9.10. The normalized spacial score (nSPS) is 10.4. The molecule has 0 aliphatic carbocycles. The molecule has 0 atom stereocenters. The lowest BCUT2D eigenvalue weighted by Gasteiger charge is -2.24. The number of pyridine rings is 1. The number of halogens is 1. The van der Waals surface area contributed by atoms with Crippen LogP contribution in [0, 0.1) is 6.92 Å². The van der Waals surface area contributed by atoms with E-state index in [1.165, 1.54) is 5.56 Å². The van der Waals surface area contributed by atoms with Crippen LogP contribution in [0.5, 0.6) is 0 Å². The van der Waals surface area contributed by atoms with E-state index in [2.05, 4.69) is 45.7 Å². The van der Waals surface area contributed by atoms with Crippen molar-refractivity contribution in [1.29, 1.82) is 0 Å². The first-order chi connectivity index (χ1) is 7.19. The van der Waals surface area contributed by atoms with E-state index in [9.17, 15) is 0 Å². The molecular formula is C11H18BrN3. The number of nitrogens with zero attached hydrogens (tertiary/aromatic N) is 2. The van der Waals surface area contributed by atoms with Crippen LogP contribution in [0.4, 0.5) is 5.82 Å². The molecule has 0 saturated carbocycles. The van der Waals surface area contributed by atoms with Crippen LogP contribution in [0.15, 0.2) is 16.7 Å². The zero-order valence-electron chi connectivity index (χ0n) is 9.33. The summed E-state index contributed by atoms with van der Waals surface area (Å²) in [6, 6.07) is 2.08. The fourth-order valence-electron chi connectivity index (χ4n) is 1.61. The Morgan fingerprint density at radius 3 is 2.73 bits per heavy atom. The number of anilines is 1. The lowest BCUT2D eigenvalue weighted by atomic mass is 10.2. The number of rotatable bonds is 5. The maximum absolute atomic E-state index is 5.60. The van der Waals surface area contributed by atoms with Crippen LogP contribution >= 0.6 is 15.9 Å². The Bertz CT molecular complexity index is 309. The lowest BCUT2D eigenvalue weighted by molar-refractivity contribution is 0.748. The third kappa shape index (κ3) is 3.47. The zero-order valence-corrected chi connectivity index (χ0v) is 10.9. The third-order valence-electron chi connectivity index (χ3n) is 2.21. The van der Waals surface area contributed by atoms with Gasteiger partial charge in [-0.25, -0.2) is 4.98 Å². The van der Waals surface area contributed by atoms with Crippen molar-refractivity contribution in [3.8, 4) is 0 Å². The summed E-state index contributed by atoms with van der Waals surface area (Å²) < 4.78 is 1.02. The summed E-state index contributed by atoms with van der Waals surface area (Å²) in [5.41, 5.74) is 6.78. The molecule has 0 saturated heterocycles. The van der Waals surface area contributed by atoms with Crippen molar-refractivity contribution in [2.75, 3.05) is 24.5 Å². The standard InChI is InChI=1S/C11H18BrN3/c1-3-5-15(6-4-13)11-9(2)7-10(12)8-14-11/h7-8H,3-6,13H2,1-2H3. The monoisotopic (exact) mass is 271 g/mol. The quantitative estimate of drug-likeness (QED) is 0.894. The highest BCUT2D eigenvalue weighted by Crippen LogP contribution is 2.20. The van der Waals surface area contributed by atoms with Crippen molar-refractivity contribution in [1.82, 2.24) is 4.98 Å². The molecule has 1 rings (SSSR count). The van der Waals surface area contributed by atoms with Crippen molar-refractivity contribution in [3.63, 3.8) is 0 Å². The molecule has 0 bridgehead atoms. The minimum Gasteiger partial charge on any atom is -0.355 e. The predicted octanol–water partition coefficient (Wildman–Crippen LogP) is 2.33. The van der Waals surface area contributed by atoms with Gasteiger partial charge in [-0.05, 0) is 40.9 Å². The minimum absolute atomic E-state index is 0.664. The summed E-state index contributed by atoms with van der Waals surface area (Å²) in [5.74, 6) is 1.05. The fourth-order valence-corrected chi connectivity index (χ4v) is 2.06. The van der Waals surface area contributed by atoms with E-state index in [1.54, 1.807) is 0 Å². The Morgan fingerprint density at radius 1 is 1.47 bits per heavy atom. The maximum atomic E-state index is 5.60. The van der Waals surface area contributed by atoms with Gasteiger partial charge in [-0.2, -0.15) is 0 Å². The van der Waals surface area contributed by atoms with Crippen LogP contribution in [0.2, 0.25) is 0 Å². The van der Waals surface area contributed by atoms with Crippen LogP contribution in [-0.4, -0.2) is 24.6 Å². The molecule has 1 aromatic rings. The third-order valence-corrected chi connectivity index (χ3v) is 2.64. The summed E-state index contributed by atoms with van der Waals surface area (Å²) in [5, 5.41) is 0. The van der Waals surface area contributed by atoms with Gasteiger partial charge in [-0.1, -0.05) is 6.92 Å². The molecule has 0 aromatic carbocycles. The molecule has 0 fully saturated rings. The van der Waals surface area contributed by atoms with Crippen LogP contribution in [0.3, 0.4) is 0 Å². The summed E-state index contributed by atoms with van der Waals surface area (Å²) in [6.45, 7) is 6.77. The zero-order chi connectivity index (χ0) is 11.3. The highest BCUT2D eigenvalue weighted by Gasteiger charge is 2.08. The first-order valence-electron chi connectivity index (χ1n) is 5.26. The van der Waals surface area contributed by atoms with Crippen molar-refractivity contribution in [3.05, 3.63) is 22.3 Å². The Balaban J connectivity index is 2.89. The number of aryl methyl sites for hydroxylation is 1. The Morgan fingerprint density at radius 2 is 2.20 bits per heavy atom. The smallest absolute Gasteiger partial charge is 0.131 e. The highest BCUT2D eigenvalue weighted by atomic mass is 79.9. The summed E-state index contributed by atoms with van der Waals surface area (Å²) in [6.07, 6.45) is 2.94. The van der Waals surface area contributed by atoms with E-state index in [-0.39, 0.29) is 0 Å². The molecule has 0 spiro atoms. The van der Waals surface area contributed by atoms with E-state index in [0.29, 0.717) is 6.54 Å². The van der Waals surface area contributed by atoms with Gasteiger partial charge in [0, 0.05) is 30.3 Å². The van der Waals surface area contributed by atoms with Crippen molar-refractivity contribution >= 4 is 21.7 Å². The molecule has 0 amide bonds. The van der Waals surface area contributed by atoms with Gasteiger partial charge in [-0.3, -0.25) is 0 Å². The Kier molecular flexibility index (Phi) is 5.05. The summed E-state index contributed by atoms with van der Waals surface area (Å²) >= 11 is 3.42. The molecule has 15 heavy (non-hydrogen) atoms. The van der Waals surface area contributed by atoms with Crippen molar-refractivity contribution in [2.45, 2.75) is 20.3 Å². The largest absolute Gasteiger partial charge is 0.355 e. The van der Waals surface area contributed by atoms with Crippen LogP contribution in [0.25, 0.3) is 0 Å². The van der Waals surface area contributed by atoms with Crippen molar-refractivity contribution < 1.29 is 0 Å². The lowest BCUT2D eigenvalue weighted by Crippen LogP contribution is -2.31. The predicted molar refractivity (Wildman–Crippen MR) is 68.2 cm³/mol. The average molecular weight is 272 g/mol. The molecular weight excluding hydrogens is 254 g/mol. The van der Waals surface area contributed by atoms with Crippen molar-refractivity contribution in [2.24, 2.45) is 5.73 Å². The van der Waals surface area contributed by atoms with Gasteiger partial charge in [0.1, 0.15) is 5.82 Å². The summed E-state index contributed by atoms with van der Waals surface area (Å²) in [4.78, 5) is 6.68. The van der Waals surface area contributed by atoms with Gasteiger partial charge in [0.25, 0.3) is 0 Å². The second-order valence-electron chi connectivity index (χ2n) is 3.57. The Labute approximate surface area is 99.8 Å². The topological polar surface area (TPSA) is 42.1 Å². The molecule has 1 heterocycles. The van der Waals surface area contributed by atoms with E-state index >= 15 is 0 Å². The van der Waals surface area contributed by atoms with Gasteiger partial charge in [0.2, 0.25) is 0 Å². The van der Waals surface area contributed by atoms with Crippen LogP contribution in [-0.2, 0) is 0 Å². The second kappa shape index (κ2) is 6.08. The minimum atomic E-state index is 0.664. The first-order valence-corrected chi connectivity index (χ1v) is 6.05. The first kappa shape index (κ1) is 12.5. The second-order valence-corrected chi connectivity index (χ2v) is 4.49. The molecule has 0 radical (unpaired) electrons. The van der Waals surface area contributed by atoms with E-state index < -0.39 is 0 Å². The number of hydrogen-bond donors (Lipinski definition) is 1. The molecule has 0 unspecified atom stereocenters. The molecule has 1 aromatic heterocycles. The van der Waals surface area contributed by atoms with E-state index in [0.717, 1.165) is 29.8 Å². The van der Waals surface area contributed by atoms with E-state index in [4.69, 9.17) is 5.73 Å². The van der Waals surface area contributed by atoms with Gasteiger partial charge >= 0.3 is 0 Å². The molecule has 0 aliphatic heterocycles. The summed E-state index contributed by atoms with van der Waals surface area (Å²) in [7, 11) is 0. The molecule has 2 N–H and O–H groups in total. The maximum Gasteiger partial charge on any atom is 0.131 e. The number of aromatic nitrogens is 1. The van der Waals surface area contributed by atoms with Gasteiger partial charge < -0.3 is 10.6 Å². The van der Waals surface area contributed by atoms with Gasteiger partial charge in [0.15, 0.2) is 0 Å². The van der Waals surface area contributed by atoms with Crippen LogP contribution in [0.1, 0.15) is 18.9 Å². The Hall–Kier alpha value is -0.610. The van der Waals surface area contributed by atoms with Gasteiger partial charge in [-0.15, -0.1) is 0 Å². The SMILES string of the molecule is CCCN(CCN)c1ncc(Br)cc1C. The molecule has 3 nitrogen and oxygen atoms in total. The van der Waals surface area contributed by atoms with Gasteiger partial charge in [0.05, 0.1) is 0 Å². The fraction of sp³-hybridized carbons (Fsp3) is 0.545. The van der Waals surface area contributed by atoms with Crippen LogP contribution < -0.4 is 10.6 Å². The van der Waals surface area contributed by atoms with E-state index in [1.807, 2.05) is 6.20 Å². The number of nitrogens with two attached hydrogens (primary N) is 1.